The molecule has 4 nitrogen and oxygen atoms in total. The normalized spacial score (nSPS) is 22.9. The maximum atomic E-state index is 12.5. The number of fused-ring (bicyclic) bond motifs is 1. The number of rotatable bonds is 4. The summed E-state index contributed by atoms with van der Waals surface area (Å²) in [5.74, 6) is 1.31. The lowest BCUT2D eigenvalue weighted by molar-refractivity contribution is -0.133. The summed E-state index contributed by atoms with van der Waals surface area (Å²) in [5.41, 5.74) is 6.94. The van der Waals surface area contributed by atoms with Gasteiger partial charge in [-0.15, -0.1) is 0 Å². The molecule has 0 bridgehead atoms. The number of hydrogen-bond acceptors (Lipinski definition) is 3. The zero-order valence-corrected chi connectivity index (χ0v) is 13.3. The van der Waals surface area contributed by atoms with Crippen LogP contribution >= 0.6 is 0 Å². The fourth-order valence-corrected chi connectivity index (χ4v) is 3.30. The molecule has 1 aromatic heterocycles. The van der Waals surface area contributed by atoms with Gasteiger partial charge in [-0.25, -0.2) is 0 Å². The van der Waals surface area contributed by atoms with Crippen LogP contribution < -0.4 is 5.73 Å². The predicted octanol–water partition coefficient (Wildman–Crippen LogP) is 3.47. The molecule has 1 amide bonds. The highest BCUT2D eigenvalue weighted by atomic mass is 16.3. The number of benzene rings is 1. The standard InChI is InChI=1S/C18H24N2O2/c1-12(17-10-14-6-3-4-9-16(14)22-17)20(2)18(21)11-13-7-5-8-15(13)19/h3-4,6,9-10,12-13,15H,5,7-8,11,19H2,1-2H3/t12?,13-,15+/m0/s1. The van der Waals surface area contributed by atoms with Gasteiger partial charge in [0, 0.05) is 24.9 Å². The monoisotopic (exact) mass is 300 g/mol. The second kappa shape index (κ2) is 6.13. The van der Waals surface area contributed by atoms with Crippen molar-refractivity contribution in [2.45, 2.75) is 44.7 Å². The lowest BCUT2D eigenvalue weighted by Crippen LogP contribution is -2.34. The quantitative estimate of drug-likeness (QED) is 0.940. The molecule has 118 valence electrons. The molecule has 0 radical (unpaired) electrons. The Morgan fingerprint density at radius 3 is 2.86 bits per heavy atom. The first-order valence-electron chi connectivity index (χ1n) is 8.06. The third kappa shape index (κ3) is 2.88. The highest BCUT2D eigenvalue weighted by Crippen LogP contribution is 2.30. The van der Waals surface area contributed by atoms with E-state index in [-0.39, 0.29) is 18.0 Å². The van der Waals surface area contributed by atoms with Crippen LogP contribution in [0.5, 0.6) is 0 Å². The zero-order chi connectivity index (χ0) is 15.7. The molecule has 1 saturated carbocycles. The molecular formula is C18H24N2O2. The summed E-state index contributed by atoms with van der Waals surface area (Å²) in [6, 6.07) is 10.0. The number of hydrogen-bond donors (Lipinski definition) is 1. The number of carbonyl (C=O) groups excluding carboxylic acids is 1. The zero-order valence-electron chi connectivity index (χ0n) is 13.3. The molecule has 1 aromatic carbocycles. The smallest absolute Gasteiger partial charge is 0.223 e. The second-order valence-electron chi connectivity index (χ2n) is 6.43. The lowest BCUT2D eigenvalue weighted by Gasteiger charge is -2.25. The van der Waals surface area contributed by atoms with Crippen molar-refractivity contribution in [1.82, 2.24) is 4.90 Å². The Hall–Kier alpha value is -1.81. The molecule has 1 aliphatic rings. The minimum Gasteiger partial charge on any atom is -0.459 e. The molecule has 1 aliphatic carbocycles. The molecule has 0 aliphatic heterocycles. The summed E-state index contributed by atoms with van der Waals surface area (Å²) in [4.78, 5) is 14.3. The average Bonchev–Trinajstić information content (AvgIpc) is 3.12. The summed E-state index contributed by atoms with van der Waals surface area (Å²) >= 11 is 0. The van der Waals surface area contributed by atoms with Crippen molar-refractivity contribution in [2.75, 3.05) is 7.05 Å². The van der Waals surface area contributed by atoms with Gasteiger partial charge in [-0.2, -0.15) is 0 Å². The summed E-state index contributed by atoms with van der Waals surface area (Å²) in [6.07, 6.45) is 3.80. The molecular weight excluding hydrogens is 276 g/mol. The van der Waals surface area contributed by atoms with Crippen LogP contribution in [-0.2, 0) is 4.79 Å². The van der Waals surface area contributed by atoms with Gasteiger partial charge in [0.05, 0.1) is 6.04 Å². The molecule has 2 N–H and O–H groups in total. The van der Waals surface area contributed by atoms with Crippen molar-refractivity contribution in [1.29, 1.82) is 0 Å². The van der Waals surface area contributed by atoms with Crippen LogP contribution in [0.4, 0.5) is 0 Å². The van der Waals surface area contributed by atoms with Crippen LogP contribution in [0.25, 0.3) is 11.0 Å². The van der Waals surface area contributed by atoms with Gasteiger partial charge in [0.25, 0.3) is 0 Å². The van der Waals surface area contributed by atoms with Gasteiger partial charge in [0.15, 0.2) is 0 Å². The van der Waals surface area contributed by atoms with Crippen LogP contribution in [-0.4, -0.2) is 23.9 Å². The molecule has 3 atom stereocenters. The van der Waals surface area contributed by atoms with Crippen LogP contribution in [0.15, 0.2) is 34.7 Å². The number of furan rings is 1. The highest BCUT2D eigenvalue weighted by Gasteiger charge is 2.29. The molecule has 1 heterocycles. The maximum absolute atomic E-state index is 12.5. The van der Waals surface area contributed by atoms with E-state index in [1.54, 1.807) is 4.90 Å². The Kier molecular flexibility index (Phi) is 4.21. The van der Waals surface area contributed by atoms with Crippen molar-refractivity contribution >= 4 is 16.9 Å². The van der Waals surface area contributed by atoms with Crippen molar-refractivity contribution in [3.8, 4) is 0 Å². The number of nitrogens with zero attached hydrogens (tertiary/aromatic N) is 1. The van der Waals surface area contributed by atoms with Gasteiger partial charge in [0.1, 0.15) is 11.3 Å². The first kappa shape index (κ1) is 15.1. The van der Waals surface area contributed by atoms with E-state index >= 15 is 0 Å². The summed E-state index contributed by atoms with van der Waals surface area (Å²) in [5, 5.41) is 1.07. The predicted molar refractivity (Wildman–Crippen MR) is 87.3 cm³/mol. The second-order valence-corrected chi connectivity index (χ2v) is 6.43. The number of nitrogens with two attached hydrogens (primary N) is 1. The fourth-order valence-electron chi connectivity index (χ4n) is 3.30. The van der Waals surface area contributed by atoms with Crippen molar-refractivity contribution in [2.24, 2.45) is 11.7 Å². The summed E-state index contributed by atoms with van der Waals surface area (Å²) in [6.45, 7) is 2.00. The first-order chi connectivity index (χ1) is 10.6. The molecule has 2 aromatic rings. The van der Waals surface area contributed by atoms with Crippen LogP contribution in [0.1, 0.15) is 44.4 Å². The lowest BCUT2D eigenvalue weighted by atomic mass is 9.99. The van der Waals surface area contributed by atoms with Crippen molar-refractivity contribution in [3.05, 3.63) is 36.1 Å². The molecule has 1 fully saturated rings. The summed E-state index contributed by atoms with van der Waals surface area (Å²) in [7, 11) is 1.85. The van der Waals surface area contributed by atoms with Gasteiger partial charge in [-0.3, -0.25) is 4.79 Å². The van der Waals surface area contributed by atoms with Crippen LogP contribution in [0, 0.1) is 5.92 Å². The minimum atomic E-state index is -0.0717. The van der Waals surface area contributed by atoms with E-state index in [4.69, 9.17) is 10.2 Å². The molecule has 22 heavy (non-hydrogen) atoms. The third-order valence-electron chi connectivity index (χ3n) is 4.99. The molecule has 4 heteroatoms. The topological polar surface area (TPSA) is 59.5 Å². The van der Waals surface area contributed by atoms with E-state index in [0.29, 0.717) is 12.3 Å². The Labute approximate surface area is 131 Å². The van der Waals surface area contributed by atoms with E-state index in [9.17, 15) is 4.79 Å². The number of para-hydroxylation sites is 1. The Bertz CT molecular complexity index is 631. The molecule has 1 unspecified atom stereocenters. The van der Waals surface area contributed by atoms with E-state index < -0.39 is 0 Å². The Balaban J connectivity index is 1.70. The van der Waals surface area contributed by atoms with E-state index in [1.165, 1.54) is 0 Å². The van der Waals surface area contributed by atoms with Gasteiger partial charge in [0.2, 0.25) is 5.91 Å². The third-order valence-corrected chi connectivity index (χ3v) is 4.99. The van der Waals surface area contributed by atoms with Crippen molar-refractivity contribution in [3.63, 3.8) is 0 Å². The van der Waals surface area contributed by atoms with Gasteiger partial charge < -0.3 is 15.1 Å². The van der Waals surface area contributed by atoms with Crippen molar-refractivity contribution < 1.29 is 9.21 Å². The molecule has 0 spiro atoms. The van der Waals surface area contributed by atoms with E-state index in [2.05, 4.69) is 0 Å². The van der Waals surface area contributed by atoms with Gasteiger partial charge >= 0.3 is 0 Å². The largest absolute Gasteiger partial charge is 0.459 e. The fraction of sp³-hybridized carbons (Fsp3) is 0.500. The van der Waals surface area contributed by atoms with E-state index in [0.717, 1.165) is 36.0 Å². The summed E-state index contributed by atoms with van der Waals surface area (Å²) < 4.78 is 5.87. The molecule has 3 rings (SSSR count). The number of amides is 1. The Morgan fingerprint density at radius 2 is 2.18 bits per heavy atom. The average molecular weight is 300 g/mol. The van der Waals surface area contributed by atoms with Gasteiger partial charge in [-0.1, -0.05) is 24.6 Å². The first-order valence-corrected chi connectivity index (χ1v) is 8.06. The van der Waals surface area contributed by atoms with E-state index in [1.807, 2.05) is 44.3 Å². The van der Waals surface area contributed by atoms with Crippen LogP contribution in [0.3, 0.4) is 0 Å². The number of carbonyl (C=O) groups is 1. The minimum absolute atomic E-state index is 0.0717. The Morgan fingerprint density at radius 1 is 1.41 bits per heavy atom. The van der Waals surface area contributed by atoms with Gasteiger partial charge in [-0.05, 0) is 37.8 Å². The van der Waals surface area contributed by atoms with Crippen LogP contribution in [0.2, 0.25) is 0 Å². The SMILES string of the molecule is CC(c1cc2ccccc2o1)N(C)C(=O)C[C@@H]1CCC[C@H]1N. The maximum Gasteiger partial charge on any atom is 0.223 e. The molecule has 0 saturated heterocycles. The highest BCUT2D eigenvalue weighted by molar-refractivity contribution is 5.79.